The Hall–Kier alpha value is -3.42. The van der Waals surface area contributed by atoms with Gasteiger partial charge in [0.15, 0.2) is 28.8 Å². The van der Waals surface area contributed by atoms with Gasteiger partial charge in [-0.1, -0.05) is 0 Å². The Balaban J connectivity index is 1.60. The van der Waals surface area contributed by atoms with Crippen molar-refractivity contribution in [2.45, 2.75) is 6.42 Å². The molecule has 2 aromatic rings. The molecule has 0 aromatic heterocycles. The van der Waals surface area contributed by atoms with E-state index >= 15 is 0 Å². The van der Waals surface area contributed by atoms with Crippen LogP contribution >= 0.6 is 0 Å². The number of hydrogen-bond donors (Lipinski definition) is 0. The van der Waals surface area contributed by atoms with E-state index in [1.807, 2.05) is 0 Å². The Morgan fingerprint density at radius 3 is 2.33 bits per heavy atom. The normalized spacial score (nSPS) is 19.4. The first-order valence-electron chi connectivity index (χ1n) is 9.45. The van der Waals surface area contributed by atoms with Crippen molar-refractivity contribution >= 4 is 11.8 Å². The van der Waals surface area contributed by atoms with Gasteiger partial charge in [-0.05, 0) is 42.3 Å². The van der Waals surface area contributed by atoms with Crippen LogP contribution in [0.25, 0.3) is 0 Å². The van der Waals surface area contributed by atoms with Gasteiger partial charge in [0.1, 0.15) is 6.61 Å². The Bertz CT molecular complexity index is 958. The SMILES string of the molecule is COc1cc(C[C@@H]2C(=O)OC[C@H]2C(=O)c2ccc3c(c2)OCO3)cc(OC)c1OC. The molecule has 4 rings (SSSR count). The van der Waals surface area contributed by atoms with Crippen molar-refractivity contribution in [1.82, 2.24) is 0 Å². The lowest BCUT2D eigenvalue weighted by Gasteiger charge is -2.17. The van der Waals surface area contributed by atoms with Gasteiger partial charge in [-0.3, -0.25) is 9.59 Å². The fourth-order valence-corrected chi connectivity index (χ4v) is 3.81. The van der Waals surface area contributed by atoms with E-state index in [1.54, 1.807) is 30.3 Å². The molecule has 158 valence electrons. The summed E-state index contributed by atoms with van der Waals surface area (Å²) in [6.07, 6.45) is 0.302. The van der Waals surface area contributed by atoms with Gasteiger partial charge in [0.05, 0.1) is 33.2 Å². The summed E-state index contributed by atoms with van der Waals surface area (Å²) >= 11 is 0. The number of ketones is 1. The number of rotatable bonds is 7. The summed E-state index contributed by atoms with van der Waals surface area (Å²) in [5.41, 5.74) is 1.23. The highest BCUT2D eigenvalue weighted by Gasteiger charge is 2.42. The molecule has 0 unspecified atom stereocenters. The van der Waals surface area contributed by atoms with Crippen LogP contribution in [0.5, 0.6) is 28.7 Å². The summed E-state index contributed by atoms with van der Waals surface area (Å²) in [4.78, 5) is 25.6. The standard InChI is InChI=1S/C22H22O8/c1-25-18-7-12(8-19(26-2)21(18)27-3)6-14-15(10-28-22(14)24)20(23)13-4-5-16-17(9-13)30-11-29-16/h4-5,7-9,14-15H,6,10-11H2,1-3H3/t14-,15+/m0/s1. The van der Waals surface area contributed by atoms with Gasteiger partial charge in [-0.2, -0.15) is 0 Å². The van der Waals surface area contributed by atoms with E-state index in [9.17, 15) is 9.59 Å². The molecule has 2 aliphatic rings. The third-order valence-electron chi connectivity index (χ3n) is 5.37. The van der Waals surface area contributed by atoms with Gasteiger partial charge in [0.2, 0.25) is 12.5 Å². The first kappa shape index (κ1) is 19.9. The molecule has 2 aromatic carbocycles. The van der Waals surface area contributed by atoms with Crippen molar-refractivity contribution < 1.29 is 38.0 Å². The number of hydrogen-bond acceptors (Lipinski definition) is 8. The van der Waals surface area contributed by atoms with Crippen LogP contribution < -0.4 is 23.7 Å². The van der Waals surface area contributed by atoms with Gasteiger partial charge in [-0.15, -0.1) is 0 Å². The number of carbonyl (C=O) groups is 2. The zero-order chi connectivity index (χ0) is 21.3. The second kappa shape index (κ2) is 8.14. The zero-order valence-electron chi connectivity index (χ0n) is 16.9. The van der Waals surface area contributed by atoms with Crippen LogP contribution in [-0.4, -0.2) is 46.5 Å². The number of carbonyl (C=O) groups excluding carboxylic acids is 2. The van der Waals surface area contributed by atoms with Crippen LogP contribution in [0.1, 0.15) is 15.9 Å². The number of ether oxygens (including phenoxy) is 6. The second-order valence-electron chi connectivity index (χ2n) is 7.01. The van der Waals surface area contributed by atoms with E-state index in [-0.39, 0.29) is 19.2 Å². The van der Waals surface area contributed by atoms with Crippen LogP contribution in [-0.2, 0) is 16.0 Å². The van der Waals surface area contributed by atoms with Crippen molar-refractivity contribution in [2.24, 2.45) is 11.8 Å². The average molecular weight is 414 g/mol. The maximum atomic E-state index is 13.1. The van der Waals surface area contributed by atoms with Gasteiger partial charge < -0.3 is 28.4 Å². The van der Waals surface area contributed by atoms with E-state index in [0.29, 0.717) is 40.7 Å². The number of Topliss-reactive ketones (excluding diaryl/α,β-unsaturated/α-hetero) is 1. The molecular weight excluding hydrogens is 392 g/mol. The fourth-order valence-electron chi connectivity index (χ4n) is 3.81. The first-order valence-corrected chi connectivity index (χ1v) is 9.45. The smallest absolute Gasteiger partial charge is 0.310 e. The van der Waals surface area contributed by atoms with Gasteiger partial charge >= 0.3 is 5.97 Å². The van der Waals surface area contributed by atoms with Gasteiger partial charge in [0, 0.05) is 5.56 Å². The van der Waals surface area contributed by atoms with Crippen molar-refractivity contribution in [3.05, 3.63) is 41.5 Å². The Morgan fingerprint density at radius 2 is 1.67 bits per heavy atom. The molecule has 0 spiro atoms. The van der Waals surface area contributed by atoms with Crippen molar-refractivity contribution in [3.63, 3.8) is 0 Å². The number of methoxy groups -OCH3 is 3. The Labute approximate surface area is 173 Å². The molecule has 0 amide bonds. The lowest BCUT2D eigenvalue weighted by atomic mass is 9.84. The van der Waals surface area contributed by atoms with Crippen molar-refractivity contribution in [2.75, 3.05) is 34.7 Å². The van der Waals surface area contributed by atoms with Crippen LogP contribution in [0.3, 0.4) is 0 Å². The van der Waals surface area contributed by atoms with Crippen LogP contribution in [0.15, 0.2) is 30.3 Å². The van der Waals surface area contributed by atoms with E-state index in [4.69, 9.17) is 28.4 Å². The fraction of sp³-hybridized carbons (Fsp3) is 0.364. The van der Waals surface area contributed by atoms with Crippen molar-refractivity contribution in [1.29, 1.82) is 0 Å². The van der Waals surface area contributed by atoms with E-state index in [0.717, 1.165) is 5.56 Å². The summed E-state index contributed by atoms with van der Waals surface area (Å²) in [7, 11) is 4.57. The van der Waals surface area contributed by atoms with Gasteiger partial charge in [0.25, 0.3) is 0 Å². The van der Waals surface area contributed by atoms with Crippen LogP contribution in [0.4, 0.5) is 0 Å². The topological polar surface area (TPSA) is 89.5 Å². The monoisotopic (exact) mass is 414 g/mol. The van der Waals surface area contributed by atoms with E-state index < -0.39 is 17.8 Å². The molecule has 8 heteroatoms. The summed E-state index contributed by atoms with van der Waals surface area (Å²) in [5.74, 6) is 0.758. The molecule has 1 saturated heterocycles. The Kier molecular flexibility index (Phi) is 5.39. The quantitative estimate of drug-likeness (QED) is 0.505. The molecule has 0 bridgehead atoms. The third kappa shape index (κ3) is 3.49. The maximum Gasteiger partial charge on any atom is 0.310 e. The minimum atomic E-state index is -0.620. The molecule has 0 aliphatic carbocycles. The van der Waals surface area contributed by atoms with Crippen molar-refractivity contribution in [3.8, 4) is 28.7 Å². The van der Waals surface area contributed by atoms with Crippen LogP contribution in [0, 0.1) is 11.8 Å². The molecule has 0 saturated carbocycles. The van der Waals surface area contributed by atoms with Crippen LogP contribution in [0.2, 0.25) is 0 Å². The summed E-state index contributed by atoms with van der Waals surface area (Å²) in [5, 5.41) is 0. The number of cyclic esters (lactones) is 1. The number of fused-ring (bicyclic) bond motifs is 1. The predicted molar refractivity (Wildman–Crippen MR) is 105 cm³/mol. The highest BCUT2D eigenvalue weighted by Crippen LogP contribution is 2.40. The molecule has 2 heterocycles. The minimum Gasteiger partial charge on any atom is -0.493 e. The summed E-state index contributed by atoms with van der Waals surface area (Å²) < 4.78 is 32.0. The second-order valence-corrected chi connectivity index (χ2v) is 7.01. The highest BCUT2D eigenvalue weighted by molar-refractivity contribution is 6.01. The summed E-state index contributed by atoms with van der Waals surface area (Å²) in [6.45, 7) is 0.170. The molecule has 1 fully saturated rings. The molecule has 0 N–H and O–H groups in total. The van der Waals surface area contributed by atoms with E-state index in [2.05, 4.69) is 0 Å². The number of benzene rings is 2. The molecule has 2 atom stereocenters. The lowest BCUT2D eigenvalue weighted by Crippen LogP contribution is -2.26. The zero-order valence-corrected chi connectivity index (χ0v) is 16.9. The third-order valence-corrected chi connectivity index (χ3v) is 5.37. The predicted octanol–water partition coefficient (Wildman–Crippen LogP) is 2.66. The number of esters is 1. The van der Waals surface area contributed by atoms with E-state index in [1.165, 1.54) is 21.3 Å². The molecule has 0 radical (unpaired) electrons. The Morgan fingerprint density at radius 1 is 0.967 bits per heavy atom. The average Bonchev–Trinajstić information content (AvgIpc) is 3.38. The molecule has 8 nitrogen and oxygen atoms in total. The largest absolute Gasteiger partial charge is 0.493 e. The maximum absolute atomic E-state index is 13.1. The molecule has 2 aliphatic heterocycles. The summed E-state index contributed by atoms with van der Waals surface area (Å²) in [6, 6.07) is 8.56. The first-order chi connectivity index (χ1) is 14.5. The molecule has 30 heavy (non-hydrogen) atoms. The highest BCUT2D eigenvalue weighted by atomic mass is 16.7. The molecular formula is C22H22O8. The minimum absolute atomic E-state index is 0.0429. The lowest BCUT2D eigenvalue weighted by molar-refractivity contribution is -0.141. The van der Waals surface area contributed by atoms with Gasteiger partial charge in [-0.25, -0.2) is 0 Å².